The van der Waals surface area contributed by atoms with Crippen molar-refractivity contribution in [1.29, 1.82) is 0 Å². The van der Waals surface area contributed by atoms with Crippen LogP contribution in [0.25, 0.3) is 11.2 Å². The zero-order valence-electron chi connectivity index (χ0n) is 9.97. The first-order valence-electron chi connectivity index (χ1n) is 6.00. The van der Waals surface area contributed by atoms with E-state index in [0.29, 0.717) is 22.2 Å². The van der Waals surface area contributed by atoms with Crippen molar-refractivity contribution in [1.82, 2.24) is 19.5 Å². The lowest BCUT2D eigenvalue weighted by atomic mass is 10.1. The molecule has 0 radical (unpaired) electrons. The summed E-state index contributed by atoms with van der Waals surface area (Å²) in [5, 5.41) is 29.1. The number of hydrogen-bond acceptors (Lipinski definition) is 6. The van der Waals surface area contributed by atoms with Gasteiger partial charge in [0.15, 0.2) is 5.65 Å². The fourth-order valence-corrected chi connectivity index (χ4v) is 2.86. The molecule has 4 N–H and O–H groups in total. The molecule has 0 amide bonds. The summed E-state index contributed by atoms with van der Waals surface area (Å²) < 4.78 is 2.19. The maximum atomic E-state index is 10.1. The average Bonchev–Trinajstić information content (AvgIpc) is 2.94. The second kappa shape index (κ2) is 4.64. The van der Waals surface area contributed by atoms with E-state index in [1.165, 1.54) is 6.33 Å². The highest BCUT2D eigenvalue weighted by atomic mass is 32.1. The minimum atomic E-state index is -0.950. The van der Waals surface area contributed by atoms with Gasteiger partial charge < -0.3 is 24.9 Å². The minimum Gasteiger partial charge on any atom is -0.396 e. The summed E-state index contributed by atoms with van der Waals surface area (Å²) in [6, 6.07) is -0.360. The third kappa shape index (κ3) is 1.88. The fourth-order valence-electron chi connectivity index (χ4n) is 2.66. The molecule has 0 aromatic carbocycles. The molecule has 1 fully saturated rings. The molecule has 2 aromatic rings. The van der Waals surface area contributed by atoms with Gasteiger partial charge in [0, 0.05) is 12.5 Å². The Morgan fingerprint density at radius 2 is 2.16 bits per heavy atom. The van der Waals surface area contributed by atoms with E-state index >= 15 is 0 Å². The third-order valence-electron chi connectivity index (χ3n) is 3.73. The van der Waals surface area contributed by atoms with Crippen LogP contribution in [-0.4, -0.2) is 53.7 Å². The Bertz CT molecular complexity index is 655. The number of imidazole rings is 1. The number of aliphatic hydroxyl groups is 3. The lowest BCUT2D eigenvalue weighted by Crippen LogP contribution is -2.30. The molecule has 1 aliphatic rings. The van der Waals surface area contributed by atoms with Crippen LogP contribution < -0.4 is 0 Å². The van der Waals surface area contributed by atoms with Crippen LogP contribution in [0.5, 0.6) is 0 Å². The molecule has 0 saturated heterocycles. The molecule has 1 saturated carbocycles. The average molecular weight is 282 g/mol. The Kier molecular flexibility index (Phi) is 3.09. The van der Waals surface area contributed by atoms with Crippen molar-refractivity contribution in [3.8, 4) is 0 Å². The van der Waals surface area contributed by atoms with Gasteiger partial charge in [0.2, 0.25) is 0 Å². The van der Waals surface area contributed by atoms with E-state index in [1.807, 2.05) is 0 Å². The SMILES string of the molecule is OC[C@H]1C[C@H](n2cnc3c(=S)[nH]cnc32)[C@H](O)[C@H]1O. The molecular weight excluding hydrogens is 268 g/mol. The van der Waals surface area contributed by atoms with E-state index in [4.69, 9.17) is 12.2 Å². The fraction of sp³-hybridized carbons (Fsp3) is 0.545. The van der Waals surface area contributed by atoms with Gasteiger partial charge in [0.1, 0.15) is 16.3 Å². The summed E-state index contributed by atoms with van der Waals surface area (Å²) in [5.41, 5.74) is 1.13. The summed E-state index contributed by atoms with van der Waals surface area (Å²) in [6.07, 6.45) is 1.61. The Labute approximate surface area is 113 Å². The number of hydrogen-bond donors (Lipinski definition) is 4. The minimum absolute atomic E-state index is 0.158. The van der Waals surface area contributed by atoms with Gasteiger partial charge in [0.25, 0.3) is 0 Å². The molecule has 0 aliphatic heterocycles. The van der Waals surface area contributed by atoms with Crippen LogP contribution in [0.4, 0.5) is 0 Å². The highest BCUT2D eigenvalue weighted by molar-refractivity contribution is 7.71. The molecule has 19 heavy (non-hydrogen) atoms. The van der Waals surface area contributed by atoms with Gasteiger partial charge >= 0.3 is 0 Å². The van der Waals surface area contributed by atoms with E-state index < -0.39 is 12.2 Å². The Balaban J connectivity index is 2.06. The van der Waals surface area contributed by atoms with Crippen molar-refractivity contribution in [2.45, 2.75) is 24.7 Å². The number of rotatable bonds is 2. The van der Waals surface area contributed by atoms with Gasteiger partial charge in [-0.3, -0.25) is 0 Å². The summed E-state index contributed by atoms with van der Waals surface area (Å²) >= 11 is 5.12. The Hall–Kier alpha value is -1.35. The quantitative estimate of drug-likeness (QED) is 0.567. The van der Waals surface area contributed by atoms with Crippen molar-refractivity contribution >= 4 is 23.4 Å². The van der Waals surface area contributed by atoms with Crippen LogP contribution in [0, 0.1) is 10.6 Å². The second-order valence-corrected chi connectivity index (χ2v) is 5.19. The van der Waals surface area contributed by atoms with Gasteiger partial charge in [-0.2, -0.15) is 0 Å². The van der Waals surface area contributed by atoms with Crippen LogP contribution in [0.3, 0.4) is 0 Å². The van der Waals surface area contributed by atoms with Gasteiger partial charge in [-0.05, 0) is 6.42 Å². The van der Waals surface area contributed by atoms with Crippen molar-refractivity contribution in [2.24, 2.45) is 5.92 Å². The lowest BCUT2D eigenvalue weighted by Gasteiger charge is -2.18. The largest absolute Gasteiger partial charge is 0.396 e. The first-order valence-corrected chi connectivity index (χ1v) is 6.41. The number of fused-ring (bicyclic) bond motifs is 1. The first-order chi connectivity index (χ1) is 9.13. The van der Waals surface area contributed by atoms with Crippen molar-refractivity contribution < 1.29 is 15.3 Å². The highest BCUT2D eigenvalue weighted by Crippen LogP contribution is 2.36. The molecule has 3 rings (SSSR count). The topological polar surface area (TPSA) is 107 Å². The molecule has 0 spiro atoms. The summed E-state index contributed by atoms with van der Waals surface area (Å²) in [7, 11) is 0. The van der Waals surface area contributed by atoms with Crippen molar-refractivity contribution in [3.63, 3.8) is 0 Å². The normalized spacial score (nSPS) is 31.1. The molecule has 7 nitrogen and oxygen atoms in total. The van der Waals surface area contributed by atoms with Crippen molar-refractivity contribution in [3.05, 3.63) is 17.3 Å². The van der Waals surface area contributed by atoms with E-state index in [0.717, 1.165) is 0 Å². The molecule has 0 bridgehead atoms. The molecule has 8 heteroatoms. The van der Waals surface area contributed by atoms with Crippen LogP contribution >= 0.6 is 12.2 Å². The molecule has 1 aliphatic carbocycles. The zero-order chi connectivity index (χ0) is 13.6. The van der Waals surface area contributed by atoms with E-state index in [2.05, 4.69) is 15.0 Å². The summed E-state index contributed by atoms with van der Waals surface area (Å²) in [6.45, 7) is -0.158. The van der Waals surface area contributed by atoms with Gasteiger partial charge in [-0.25, -0.2) is 9.97 Å². The highest BCUT2D eigenvalue weighted by Gasteiger charge is 2.42. The number of H-pyrrole nitrogens is 1. The maximum Gasteiger partial charge on any atom is 0.164 e. The zero-order valence-corrected chi connectivity index (χ0v) is 10.8. The number of nitrogens with zero attached hydrogens (tertiary/aromatic N) is 3. The number of nitrogens with one attached hydrogen (secondary N) is 1. The van der Waals surface area contributed by atoms with E-state index in [-0.39, 0.29) is 18.6 Å². The van der Waals surface area contributed by atoms with Gasteiger partial charge in [-0.1, -0.05) is 12.2 Å². The molecular formula is C11H14N4O3S. The van der Waals surface area contributed by atoms with Crippen molar-refractivity contribution in [2.75, 3.05) is 6.61 Å². The van der Waals surface area contributed by atoms with Crippen LogP contribution in [-0.2, 0) is 0 Å². The molecule has 2 aromatic heterocycles. The Morgan fingerprint density at radius 3 is 2.84 bits per heavy atom. The number of aromatic nitrogens is 4. The predicted molar refractivity (Wildman–Crippen MR) is 69.0 cm³/mol. The predicted octanol–water partition coefficient (Wildman–Crippen LogP) is -0.236. The number of aromatic amines is 1. The maximum absolute atomic E-state index is 10.1. The van der Waals surface area contributed by atoms with Gasteiger partial charge in [-0.15, -0.1) is 0 Å². The molecule has 0 unspecified atom stereocenters. The monoisotopic (exact) mass is 282 g/mol. The van der Waals surface area contributed by atoms with Gasteiger partial charge in [0.05, 0.1) is 24.8 Å². The van der Waals surface area contributed by atoms with Crippen LogP contribution in [0.2, 0.25) is 0 Å². The molecule has 102 valence electrons. The van der Waals surface area contributed by atoms with Crippen LogP contribution in [0.15, 0.2) is 12.7 Å². The van der Waals surface area contributed by atoms with E-state index in [9.17, 15) is 15.3 Å². The Morgan fingerprint density at radius 1 is 1.37 bits per heavy atom. The van der Waals surface area contributed by atoms with E-state index in [1.54, 1.807) is 10.9 Å². The molecule has 2 heterocycles. The smallest absolute Gasteiger partial charge is 0.164 e. The second-order valence-electron chi connectivity index (χ2n) is 4.78. The summed E-state index contributed by atoms with van der Waals surface area (Å²) in [4.78, 5) is 11.2. The lowest BCUT2D eigenvalue weighted by molar-refractivity contribution is -0.00370. The van der Waals surface area contributed by atoms with Crippen LogP contribution in [0.1, 0.15) is 12.5 Å². The third-order valence-corrected chi connectivity index (χ3v) is 4.04. The standard InChI is InChI=1S/C11H14N4O3S/c16-2-5-1-6(9(18)8(5)17)15-4-14-7-10(15)12-3-13-11(7)19/h3-6,8-9,16-18H,1-2H2,(H,12,13,19)/t5-,6+,8+,9+/m1/s1. The first kappa shape index (κ1) is 12.7. The number of aliphatic hydroxyl groups excluding tert-OH is 3. The summed E-state index contributed by atoms with van der Waals surface area (Å²) in [5.74, 6) is -0.337. The molecule has 4 atom stereocenters.